The lowest BCUT2D eigenvalue weighted by Gasteiger charge is -2.29. The molecule has 1 aliphatic heterocycles. The highest BCUT2D eigenvalue weighted by Crippen LogP contribution is 2.26. The molecule has 0 spiro atoms. The third-order valence-corrected chi connectivity index (χ3v) is 3.55. The second-order valence-corrected chi connectivity index (χ2v) is 5.53. The van der Waals surface area contributed by atoms with E-state index in [2.05, 4.69) is 11.6 Å². The number of pyridine rings is 1. The second-order valence-electron chi connectivity index (χ2n) is 5.53. The predicted molar refractivity (Wildman–Crippen MR) is 78.5 cm³/mol. The number of aliphatic hydroxyl groups is 1. The molecule has 0 aromatic carbocycles. The van der Waals surface area contributed by atoms with E-state index in [1.807, 2.05) is 23.1 Å². The Bertz CT molecular complexity index is 503. The summed E-state index contributed by atoms with van der Waals surface area (Å²) in [5.41, 5.74) is -0.409. The van der Waals surface area contributed by atoms with Crippen molar-refractivity contribution in [1.29, 1.82) is 0 Å². The minimum absolute atomic E-state index is 0.130. The summed E-state index contributed by atoms with van der Waals surface area (Å²) in [6.45, 7) is 6.85. The van der Waals surface area contributed by atoms with Crippen LogP contribution in [0.5, 0.6) is 0 Å². The number of rotatable bonds is 4. The van der Waals surface area contributed by atoms with Crippen molar-refractivity contribution < 1.29 is 9.90 Å². The van der Waals surface area contributed by atoms with E-state index in [9.17, 15) is 9.90 Å². The second kappa shape index (κ2) is 5.63. The van der Waals surface area contributed by atoms with Gasteiger partial charge in [0.25, 0.3) is 0 Å². The predicted octanol–water partition coefficient (Wildman–Crippen LogP) is 1.06. The zero-order valence-electron chi connectivity index (χ0n) is 12.0. The highest BCUT2D eigenvalue weighted by Gasteiger charge is 2.38. The molecular formula is C15H21N3O2. The first-order valence-corrected chi connectivity index (χ1v) is 6.71. The van der Waals surface area contributed by atoms with Crippen LogP contribution in [0.15, 0.2) is 36.5 Å². The number of carbonyl (C=O) groups is 1. The molecule has 0 radical (unpaired) electrons. The summed E-state index contributed by atoms with van der Waals surface area (Å²) in [6.07, 6.45) is 2.36. The molecule has 1 fully saturated rings. The monoisotopic (exact) mass is 275 g/mol. The normalized spacial score (nSPS) is 21.9. The molecule has 1 N–H and O–H groups in total. The van der Waals surface area contributed by atoms with E-state index >= 15 is 0 Å². The Morgan fingerprint density at radius 3 is 2.95 bits per heavy atom. The standard InChI is InChI=1S/C15H21N3O2/c1-12(2)14(19)17(3)10-15(20)7-9-18(11-15)13-6-4-5-8-16-13/h4-6,8,20H,1,7,9-11H2,2-3H3. The Morgan fingerprint density at radius 1 is 1.60 bits per heavy atom. The average Bonchev–Trinajstić information content (AvgIpc) is 2.81. The van der Waals surface area contributed by atoms with E-state index in [-0.39, 0.29) is 5.91 Å². The number of nitrogens with zero attached hydrogens (tertiary/aromatic N) is 3. The van der Waals surface area contributed by atoms with Crippen LogP contribution < -0.4 is 4.90 Å². The van der Waals surface area contributed by atoms with E-state index in [1.165, 1.54) is 4.90 Å². The summed E-state index contributed by atoms with van der Waals surface area (Å²) in [6, 6.07) is 5.72. The molecule has 1 aliphatic rings. The lowest BCUT2D eigenvalue weighted by molar-refractivity contribution is -0.128. The number of hydrogen-bond acceptors (Lipinski definition) is 4. The molecule has 1 aromatic rings. The van der Waals surface area contributed by atoms with Crippen molar-refractivity contribution in [1.82, 2.24) is 9.88 Å². The molecule has 20 heavy (non-hydrogen) atoms. The molecule has 5 heteroatoms. The van der Waals surface area contributed by atoms with Crippen LogP contribution in [0.3, 0.4) is 0 Å². The van der Waals surface area contributed by atoms with E-state index in [0.29, 0.717) is 25.1 Å². The molecular weight excluding hydrogens is 254 g/mol. The molecule has 0 aliphatic carbocycles. The first kappa shape index (κ1) is 14.5. The Hall–Kier alpha value is -1.88. The lowest BCUT2D eigenvalue weighted by Crippen LogP contribution is -2.46. The molecule has 1 unspecified atom stereocenters. The van der Waals surface area contributed by atoms with Crippen molar-refractivity contribution in [3.05, 3.63) is 36.5 Å². The molecule has 1 amide bonds. The minimum Gasteiger partial charge on any atom is -0.386 e. The quantitative estimate of drug-likeness (QED) is 0.835. The van der Waals surface area contributed by atoms with Crippen molar-refractivity contribution in [2.75, 3.05) is 31.6 Å². The van der Waals surface area contributed by atoms with Gasteiger partial charge < -0.3 is 14.9 Å². The lowest BCUT2D eigenvalue weighted by atomic mass is 10.0. The maximum atomic E-state index is 11.8. The van der Waals surface area contributed by atoms with Crippen molar-refractivity contribution in [2.45, 2.75) is 18.9 Å². The number of likely N-dealkylation sites (N-methyl/N-ethyl adjacent to an activating group) is 1. The molecule has 2 heterocycles. The number of β-amino-alcohol motifs (C(OH)–C–C–N with tert-alkyl or cyclic N) is 1. The van der Waals surface area contributed by atoms with E-state index < -0.39 is 5.60 Å². The summed E-state index contributed by atoms with van der Waals surface area (Å²) in [4.78, 5) is 19.7. The molecule has 0 saturated carbocycles. The smallest absolute Gasteiger partial charge is 0.248 e. The topological polar surface area (TPSA) is 56.7 Å². The van der Waals surface area contributed by atoms with Gasteiger partial charge in [-0.15, -0.1) is 0 Å². The highest BCUT2D eigenvalue weighted by molar-refractivity contribution is 5.92. The van der Waals surface area contributed by atoms with Gasteiger partial charge in [0, 0.05) is 31.9 Å². The van der Waals surface area contributed by atoms with Gasteiger partial charge in [-0.25, -0.2) is 4.98 Å². The first-order valence-electron chi connectivity index (χ1n) is 6.71. The molecule has 0 bridgehead atoms. The van der Waals surface area contributed by atoms with Crippen LogP contribution in [-0.4, -0.2) is 53.2 Å². The summed E-state index contributed by atoms with van der Waals surface area (Å²) in [5.74, 6) is 0.729. The largest absolute Gasteiger partial charge is 0.386 e. The zero-order valence-corrected chi connectivity index (χ0v) is 12.0. The van der Waals surface area contributed by atoms with Gasteiger partial charge in [-0.2, -0.15) is 0 Å². The van der Waals surface area contributed by atoms with Crippen LogP contribution in [0.4, 0.5) is 5.82 Å². The number of carbonyl (C=O) groups excluding carboxylic acids is 1. The minimum atomic E-state index is -0.891. The van der Waals surface area contributed by atoms with Crippen molar-refractivity contribution >= 4 is 11.7 Å². The number of hydrogen-bond donors (Lipinski definition) is 1. The van der Waals surface area contributed by atoms with Gasteiger partial charge in [0.1, 0.15) is 11.4 Å². The maximum absolute atomic E-state index is 11.8. The molecule has 5 nitrogen and oxygen atoms in total. The van der Waals surface area contributed by atoms with Crippen LogP contribution in [0.25, 0.3) is 0 Å². The highest BCUT2D eigenvalue weighted by atomic mass is 16.3. The number of anilines is 1. The molecule has 1 atom stereocenters. The van der Waals surface area contributed by atoms with Crippen LogP contribution in [-0.2, 0) is 4.79 Å². The van der Waals surface area contributed by atoms with Crippen molar-refractivity contribution in [2.24, 2.45) is 0 Å². The summed E-state index contributed by atoms with van der Waals surface area (Å²) in [5, 5.41) is 10.6. The molecule has 1 aromatic heterocycles. The summed E-state index contributed by atoms with van der Waals surface area (Å²) >= 11 is 0. The Kier molecular flexibility index (Phi) is 4.09. The summed E-state index contributed by atoms with van der Waals surface area (Å²) in [7, 11) is 1.69. The Balaban J connectivity index is 2.00. The van der Waals surface area contributed by atoms with Crippen LogP contribution in [0.1, 0.15) is 13.3 Å². The van der Waals surface area contributed by atoms with Gasteiger partial charge in [0.05, 0.1) is 6.54 Å². The third kappa shape index (κ3) is 3.17. The molecule has 2 rings (SSSR count). The molecule has 1 saturated heterocycles. The Morgan fingerprint density at radius 2 is 2.35 bits per heavy atom. The van der Waals surface area contributed by atoms with E-state index in [0.717, 1.165) is 12.4 Å². The van der Waals surface area contributed by atoms with Crippen molar-refractivity contribution in [3.8, 4) is 0 Å². The zero-order chi connectivity index (χ0) is 14.8. The number of aromatic nitrogens is 1. The van der Waals surface area contributed by atoms with Crippen LogP contribution >= 0.6 is 0 Å². The maximum Gasteiger partial charge on any atom is 0.248 e. The van der Waals surface area contributed by atoms with Gasteiger partial charge in [0.2, 0.25) is 5.91 Å². The fraction of sp³-hybridized carbons (Fsp3) is 0.467. The van der Waals surface area contributed by atoms with Crippen LogP contribution in [0, 0.1) is 0 Å². The first-order chi connectivity index (χ1) is 9.41. The third-order valence-electron chi connectivity index (χ3n) is 3.55. The SMILES string of the molecule is C=C(C)C(=O)N(C)CC1(O)CCN(c2ccccn2)C1. The van der Waals surface area contributed by atoms with E-state index in [1.54, 1.807) is 20.2 Å². The average molecular weight is 275 g/mol. The van der Waals surface area contributed by atoms with Gasteiger partial charge in [0.15, 0.2) is 0 Å². The van der Waals surface area contributed by atoms with Gasteiger partial charge >= 0.3 is 0 Å². The van der Waals surface area contributed by atoms with E-state index in [4.69, 9.17) is 0 Å². The fourth-order valence-corrected chi connectivity index (χ4v) is 2.56. The van der Waals surface area contributed by atoms with Gasteiger partial charge in [-0.1, -0.05) is 12.6 Å². The number of amides is 1. The summed E-state index contributed by atoms with van der Waals surface area (Å²) < 4.78 is 0. The van der Waals surface area contributed by atoms with Crippen molar-refractivity contribution in [3.63, 3.8) is 0 Å². The van der Waals surface area contributed by atoms with Crippen LogP contribution in [0.2, 0.25) is 0 Å². The fourth-order valence-electron chi connectivity index (χ4n) is 2.56. The molecule has 108 valence electrons. The van der Waals surface area contributed by atoms with Gasteiger partial charge in [-0.3, -0.25) is 4.79 Å². The van der Waals surface area contributed by atoms with Gasteiger partial charge in [-0.05, 0) is 25.5 Å². The Labute approximate surface area is 119 Å².